The van der Waals surface area contributed by atoms with E-state index in [2.05, 4.69) is 89.6 Å². The second kappa shape index (κ2) is 9.25. The van der Waals surface area contributed by atoms with Crippen LogP contribution >= 0.6 is 15.9 Å². The Morgan fingerprint density at radius 3 is 1.91 bits per heavy atom. The topological polar surface area (TPSA) is 0 Å². The fourth-order valence-electron chi connectivity index (χ4n) is 12.9. The maximum absolute atomic E-state index is 4.50. The molecule has 3 fully saturated rings. The van der Waals surface area contributed by atoms with E-state index in [0.717, 1.165) is 29.6 Å². The molecular formula is C44H43Br. The highest BCUT2D eigenvalue weighted by molar-refractivity contribution is 9.10. The van der Waals surface area contributed by atoms with E-state index in [4.69, 9.17) is 0 Å². The molecule has 0 aromatic heterocycles. The van der Waals surface area contributed by atoms with E-state index in [1.807, 2.05) is 0 Å². The van der Waals surface area contributed by atoms with Gasteiger partial charge in [-0.15, -0.1) is 0 Å². The molecular weight excluding hydrogens is 608 g/mol. The smallest absolute Gasteiger partial charge is 0.0648 e. The Morgan fingerprint density at radius 1 is 0.600 bits per heavy atom. The van der Waals surface area contributed by atoms with Crippen molar-refractivity contribution in [2.24, 2.45) is 17.8 Å². The quantitative estimate of drug-likeness (QED) is 0.166. The molecule has 8 aliphatic rings. The van der Waals surface area contributed by atoms with E-state index in [-0.39, 0.29) is 5.41 Å². The van der Waals surface area contributed by atoms with Crippen LogP contribution in [0.1, 0.15) is 146 Å². The number of hydrogen-bond donors (Lipinski definition) is 0. The number of halogens is 1. The molecule has 0 amide bonds. The molecule has 1 spiro atoms. The van der Waals surface area contributed by atoms with Crippen molar-refractivity contribution >= 4 is 15.9 Å². The molecule has 5 atom stereocenters. The first-order chi connectivity index (χ1) is 22.1. The predicted molar refractivity (Wildman–Crippen MR) is 188 cm³/mol. The van der Waals surface area contributed by atoms with Gasteiger partial charge in [0.15, 0.2) is 0 Å². The van der Waals surface area contributed by atoms with Gasteiger partial charge in [0, 0.05) is 10.0 Å². The van der Waals surface area contributed by atoms with E-state index >= 15 is 0 Å². The average Bonchev–Trinajstić information content (AvgIpc) is 3.41. The third kappa shape index (κ3) is 3.30. The fraction of sp³-hybridized carbons (Fsp3) is 0.455. The monoisotopic (exact) mass is 650 g/mol. The van der Waals surface area contributed by atoms with Crippen LogP contribution in [0.15, 0.2) is 71.2 Å². The van der Waals surface area contributed by atoms with Crippen molar-refractivity contribution in [1.82, 2.24) is 0 Å². The van der Waals surface area contributed by atoms with Gasteiger partial charge in [0.25, 0.3) is 0 Å². The van der Waals surface area contributed by atoms with E-state index in [0.29, 0.717) is 11.8 Å². The third-order valence-corrected chi connectivity index (χ3v) is 15.2. The molecule has 0 saturated heterocycles. The Balaban J connectivity index is 1.28. The lowest BCUT2D eigenvalue weighted by atomic mass is 9.67. The minimum atomic E-state index is -0.240. The summed E-state index contributed by atoms with van der Waals surface area (Å²) in [5, 5.41) is 0. The first kappa shape index (κ1) is 26.4. The number of hydrogen-bond acceptors (Lipinski definition) is 0. The molecule has 3 saturated carbocycles. The molecule has 4 aromatic rings. The summed E-state index contributed by atoms with van der Waals surface area (Å²) < 4.78 is 1.45. The van der Waals surface area contributed by atoms with Crippen molar-refractivity contribution in [1.29, 1.82) is 0 Å². The molecule has 4 aromatic carbocycles. The summed E-state index contributed by atoms with van der Waals surface area (Å²) in [7, 11) is 0. The van der Waals surface area contributed by atoms with Crippen LogP contribution in [0.5, 0.6) is 0 Å². The first-order valence-corrected chi connectivity index (χ1v) is 19.2. The zero-order valence-corrected chi connectivity index (χ0v) is 28.1. The summed E-state index contributed by atoms with van der Waals surface area (Å²) in [6, 6.07) is 27.3. The lowest BCUT2D eigenvalue weighted by Gasteiger charge is -2.38. The van der Waals surface area contributed by atoms with Gasteiger partial charge >= 0.3 is 0 Å². The normalized spacial score (nSPS) is 31.8. The molecule has 45 heavy (non-hydrogen) atoms. The van der Waals surface area contributed by atoms with Crippen molar-refractivity contribution < 1.29 is 0 Å². The lowest BCUT2D eigenvalue weighted by molar-refractivity contribution is 0.166. The Kier molecular flexibility index (Phi) is 5.43. The summed E-state index contributed by atoms with van der Waals surface area (Å²) in [5.74, 6) is 5.63. The highest BCUT2D eigenvalue weighted by Gasteiger charge is 2.54. The minimum Gasteiger partial charge on any atom is -0.0648 e. The molecule has 5 unspecified atom stereocenters. The number of fused-ring (bicyclic) bond motifs is 14. The largest absolute Gasteiger partial charge is 0.0726 e. The second-order valence-electron chi connectivity index (χ2n) is 16.4. The Hall–Kier alpha value is -2.64. The zero-order chi connectivity index (χ0) is 29.6. The maximum atomic E-state index is 4.50. The predicted octanol–water partition coefficient (Wildman–Crippen LogP) is 12.4. The van der Waals surface area contributed by atoms with Crippen molar-refractivity contribution in [2.75, 3.05) is 0 Å². The van der Waals surface area contributed by atoms with Gasteiger partial charge in [0.2, 0.25) is 0 Å². The number of rotatable bonds is 1. The van der Waals surface area contributed by atoms with Crippen LogP contribution in [0, 0.1) is 17.8 Å². The van der Waals surface area contributed by atoms with E-state index in [1.165, 1.54) is 103 Å². The number of benzene rings is 4. The average molecular weight is 652 g/mol. The molecule has 8 aliphatic carbocycles. The minimum absolute atomic E-state index is 0.240. The summed E-state index contributed by atoms with van der Waals surface area (Å²) >= 11 is 4.50. The summed E-state index contributed by atoms with van der Waals surface area (Å²) in [6.07, 6.45) is 15.4. The molecule has 0 heterocycles. The highest BCUT2D eigenvalue weighted by atomic mass is 79.9. The molecule has 12 rings (SSSR count). The Labute approximate surface area is 277 Å². The maximum Gasteiger partial charge on any atom is 0.0726 e. The van der Waals surface area contributed by atoms with Crippen LogP contribution < -0.4 is 0 Å². The van der Waals surface area contributed by atoms with Crippen LogP contribution in [-0.4, -0.2) is 0 Å². The van der Waals surface area contributed by atoms with Gasteiger partial charge in [-0.1, -0.05) is 86.5 Å². The Bertz CT molecular complexity index is 1870. The summed E-state index contributed by atoms with van der Waals surface area (Å²) in [6.45, 7) is 2.45. The standard InChI is InChI=1S/C44H43Br/c1-2-27-15-24-8-7-9-28(16-24)35-23-40-42(43(45)41(27)35)36-21-33-29-17-25-14-26(18-29)20-30(19-25)34(33)22-39(36)44(40)37-12-5-3-10-31(37)32-11-4-6-13-38(32)44/h3-6,10-13,21-30H,2,7-9,14-20H2,1H3. The van der Waals surface area contributed by atoms with Crippen LogP contribution in [0.25, 0.3) is 22.3 Å². The summed E-state index contributed by atoms with van der Waals surface area (Å²) in [4.78, 5) is 0. The van der Waals surface area contributed by atoms with Crippen molar-refractivity contribution in [2.45, 2.75) is 107 Å². The van der Waals surface area contributed by atoms with Crippen molar-refractivity contribution in [3.63, 3.8) is 0 Å². The van der Waals surface area contributed by atoms with Gasteiger partial charge in [-0.2, -0.15) is 0 Å². The molecule has 0 N–H and O–H groups in total. The molecule has 1 heteroatoms. The van der Waals surface area contributed by atoms with Crippen LogP contribution in [0.3, 0.4) is 0 Å². The van der Waals surface area contributed by atoms with E-state index in [1.54, 1.807) is 38.9 Å². The molecule has 0 radical (unpaired) electrons. The summed E-state index contributed by atoms with van der Waals surface area (Å²) in [5.41, 5.74) is 18.8. The fourth-order valence-corrected chi connectivity index (χ4v) is 13.8. The Morgan fingerprint density at radius 2 is 1.22 bits per heavy atom. The molecule has 0 nitrogen and oxygen atoms in total. The molecule has 6 bridgehead atoms. The highest BCUT2D eigenvalue weighted by Crippen LogP contribution is 2.67. The lowest BCUT2D eigenvalue weighted by Crippen LogP contribution is -2.27. The molecule has 0 aliphatic heterocycles. The van der Waals surface area contributed by atoms with E-state index in [9.17, 15) is 0 Å². The van der Waals surface area contributed by atoms with Crippen molar-refractivity contribution in [3.8, 4) is 22.3 Å². The first-order valence-electron chi connectivity index (χ1n) is 18.4. The SMILES string of the molecule is CCC1CC2CCCC(C2)c2cc3c(c(Br)c21)-c1cc2c(cc1C31c3ccccc3-c3ccccc31)C1CC3CC(CC2C3)C1. The van der Waals surface area contributed by atoms with Gasteiger partial charge < -0.3 is 0 Å². The van der Waals surface area contributed by atoms with Gasteiger partial charge in [0.05, 0.1) is 5.41 Å². The second-order valence-corrected chi connectivity index (χ2v) is 17.2. The van der Waals surface area contributed by atoms with E-state index < -0.39 is 0 Å². The van der Waals surface area contributed by atoms with Gasteiger partial charge in [-0.05, 0) is 176 Å². The third-order valence-electron chi connectivity index (χ3n) is 14.3. The van der Waals surface area contributed by atoms with Gasteiger partial charge in [-0.25, -0.2) is 0 Å². The van der Waals surface area contributed by atoms with Crippen molar-refractivity contribution in [3.05, 3.63) is 116 Å². The van der Waals surface area contributed by atoms with Gasteiger partial charge in [0.1, 0.15) is 0 Å². The van der Waals surface area contributed by atoms with Crippen LogP contribution in [-0.2, 0) is 5.41 Å². The van der Waals surface area contributed by atoms with Gasteiger partial charge in [-0.3, -0.25) is 0 Å². The van der Waals surface area contributed by atoms with Crippen LogP contribution in [0.4, 0.5) is 0 Å². The zero-order valence-electron chi connectivity index (χ0n) is 26.5. The molecule has 226 valence electrons. The van der Waals surface area contributed by atoms with Crippen LogP contribution in [0.2, 0.25) is 0 Å².